The molecular weight excluding hydrogens is 206 g/mol. The van der Waals surface area contributed by atoms with E-state index < -0.39 is 0 Å². The number of nitrogens with two attached hydrogens (primary N) is 1. The van der Waals surface area contributed by atoms with Crippen molar-refractivity contribution in [1.29, 1.82) is 0 Å². The predicted molar refractivity (Wildman–Crippen MR) is 64.0 cm³/mol. The minimum Gasteiger partial charge on any atom is -0.377 e. The van der Waals surface area contributed by atoms with Crippen LogP contribution in [0.5, 0.6) is 0 Å². The highest BCUT2D eigenvalue weighted by Gasteiger charge is 2.25. The smallest absolute Gasteiger partial charge is 0.0669 e. The normalized spacial score (nSPS) is 25.7. The van der Waals surface area contributed by atoms with Crippen molar-refractivity contribution in [2.24, 2.45) is 5.73 Å². The molecule has 2 rings (SSSR count). The highest BCUT2D eigenvalue weighted by atomic mass is 32.2. The summed E-state index contributed by atoms with van der Waals surface area (Å²) >= 11 is 1.91. The Morgan fingerprint density at radius 3 is 2.93 bits per heavy atom. The highest BCUT2D eigenvalue weighted by molar-refractivity contribution is 8.00. The summed E-state index contributed by atoms with van der Waals surface area (Å²) in [5, 5.41) is 0.581. The fraction of sp³-hybridized carbons (Fsp3) is 0.500. The Bertz CT molecular complexity index is 329. The number of benzene rings is 1. The lowest BCUT2D eigenvalue weighted by Gasteiger charge is -2.15. The van der Waals surface area contributed by atoms with Gasteiger partial charge in [-0.3, -0.25) is 0 Å². The van der Waals surface area contributed by atoms with Gasteiger partial charge in [-0.15, -0.1) is 11.8 Å². The van der Waals surface area contributed by atoms with Crippen LogP contribution in [0.25, 0.3) is 0 Å². The molecular formula is C12H17NOS. The average Bonchev–Trinajstić information content (AvgIpc) is 2.65. The number of ether oxygens (including phenoxy) is 1. The van der Waals surface area contributed by atoms with Crippen LogP contribution in [0.1, 0.15) is 18.9 Å². The van der Waals surface area contributed by atoms with Gasteiger partial charge in [0.2, 0.25) is 0 Å². The monoisotopic (exact) mass is 223 g/mol. The summed E-state index contributed by atoms with van der Waals surface area (Å²) in [6, 6.07) is 8.36. The summed E-state index contributed by atoms with van der Waals surface area (Å²) < 4.78 is 5.56. The van der Waals surface area contributed by atoms with Crippen molar-refractivity contribution >= 4 is 11.8 Å². The first-order valence-electron chi connectivity index (χ1n) is 5.37. The molecule has 2 unspecified atom stereocenters. The van der Waals surface area contributed by atoms with Crippen LogP contribution in [0.3, 0.4) is 0 Å². The number of hydrogen-bond donors (Lipinski definition) is 1. The van der Waals surface area contributed by atoms with Crippen LogP contribution in [0.2, 0.25) is 0 Å². The van der Waals surface area contributed by atoms with Crippen molar-refractivity contribution in [3.63, 3.8) is 0 Å². The van der Waals surface area contributed by atoms with Gasteiger partial charge in [-0.1, -0.05) is 18.2 Å². The lowest BCUT2D eigenvalue weighted by molar-refractivity contribution is 0.127. The molecule has 15 heavy (non-hydrogen) atoms. The SMILES string of the molecule is CC1OCCC1Sc1ccccc1CN. The molecule has 0 amide bonds. The molecule has 82 valence electrons. The summed E-state index contributed by atoms with van der Waals surface area (Å²) in [6.45, 7) is 3.66. The van der Waals surface area contributed by atoms with Gasteiger partial charge in [0.1, 0.15) is 0 Å². The van der Waals surface area contributed by atoms with E-state index in [-0.39, 0.29) is 0 Å². The molecule has 0 saturated carbocycles. The molecule has 0 radical (unpaired) electrons. The van der Waals surface area contributed by atoms with E-state index in [0.29, 0.717) is 17.9 Å². The fourth-order valence-electron chi connectivity index (χ4n) is 1.82. The molecule has 0 bridgehead atoms. The lowest BCUT2D eigenvalue weighted by Crippen LogP contribution is -2.13. The van der Waals surface area contributed by atoms with Crippen molar-refractivity contribution in [1.82, 2.24) is 0 Å². The molecule has 0 aromatic heterocycles. The minimum absolute atomic E-state index is 0.362. The Balaban J connectivity index is 2.09. The third-order valence-electron chi connectivity index (χ3n) is 2.78. The van der Waals surface area contributed by atoms with Crippen molar-refractivity contribution in [3.05, 3.63) is 29.8 Å². The van der Waals surface area contributed by atoms with Crippen LogP contribution < -0.4 is 5.73 Å². The van der Waals surface area contributed by atoms with Crippen molar-refractivity contribution in [2.45, 2.75) is 36.1 Å². The first-order valence-corrected chi connectivity index (χ1v) is 6.25. The van der Waals surface area contributed by atoms with Crippen LogP contribution in [-0.2, 0) is 11.3 Å². The Morgan fingerprint density at radius 2 is 2.27 bits per heavy atom. The van der Waals surface area contributed by atoms with E-state index in [1.165, 1.54) is 10.5 Å². The summed E-state index contributed by atoms with van der Waals surface area (Å²) in [4.78, 5) is 1.31. The Hall–Kier alpha value is -0.510. The second-order valence-electron chi connectivity index (χ2n) is 3.83. The largest absolute Gasteiger partial charge is 0.377 e. The maximum Gasteiger partial charge on any atom is 0.0669 e. The first-order chi connectivity index (χ1) is 7.31. The van der Waals surface area contributed by atoms with E-state index in [2.05, 4.69) is 25.1 Å². The zero-order valence-electron chi connectivity index (χ0n) is 8.98. The van der Waals surface area contributed by atoms with Crippen molar-refractivity contribution in [2.75, 3.05) is 6.61 Å². The van der Waals surface area contributed by atoms with E-state index in [1.807, 2.05) is 17.8 Å². The second-order valence-corrected chi connectivity index (χ2v) is 5.11. The third-order valence-corrected chi connectivity index (χ3v) is 4.35. The summed E-state index contributed by atoms with van der Waals surface area (Å²) in [7, 11) is 0. The van der Waals surface area contributed by atoms with Crippen LogP contribution in [-0.4, -0.2) is 18.0 Å². The average molecular weight is 223 g/mol. The third kappa shape index (κ3) is 2.54. The highest BCUT2D eigenvalue weighted by Crippen LogP contribution is 2.34. The van der Waals surface area contributed by atoms with Gasteiger partial charge in [0, 0.05) is 23.3 Å². The van der Waals surface area contributed by atoms with E-state index in [9.17, 15) is 0 Å². The molecule has 2 atom stereocenters. The van der Waals surface area contributed by atoms with Gasteiger partial charge in [-0.2, -0.15) is 0 Å². The maximum atomic E-state index is 5.71. The molecule has 1 aromatic carbocycles. The van der Waals surface area contributed by atoms with Crippen LogP contribution >= 0.6 is 11.8 Å². The van der Waals surface area contributed by atoms with Crippen molar-refractivity contribution in [3.8, 4) is 0 Å². The van der Waals surface area contributed by atoms with E-state index in [1.54, 1.807) is 0 Å². The van der Waals surface area contributed by atoms with Gasteiger partial charge in [-0.25, -0.2) is 0 Å². The summed E-state index contributed by atoms with van der Waals surface area (Å²) in [6.07, 6.45) is 1.51. The number of thioether (sulfide) groups is 1. The quantitative estimate of drug-likeness (QED) is 0.854. The van der Waals surface area contributed by atoms with E-state index >= 15 is 0 Å². The molecule has 1 aromatic rings. The van der Waals surface area contributed by atoms with Gasteiger partial charge in [0.15, 0.2) is 0 Å². The molecule has 1 saturated heterocycles. The maximum absolute atomic E-state index is 5.71. The Morgan fingerprint density at radius 1 is 1.47 bits per heavy atom. The number of hydrogen-bond acceptors (Lipinski definition) is 3. The van der Waals surface area contributed by atoms with Crippen LogP contribution in [0.4, 0.5) is 0 Å². The fourth-order valence-corrected chi connectivity index (χ4v) is 3.09. The summed E-state index contributed by atoms with van der Waals surface area (Å²) in [5.41, 5.74) is 6.95. The van der Waals surface area contributed by atoms with Gasteiger partial charge >= 0.3 is 0 Å². The molecule has 1 fully saturated rings. The molecule has 2 N–H and O–H groups in total. The van der Waals surface area contributed by atoms with E-state index in [4.69, 9.17) is 10.5 Å². The zero-order valence-corrected chi connectivity index (χ0v) is 9.80. The minimum atomic E-state index is 0.362. The van der Waals surface area contributed by atoms with Crippen LogP contribution in [0, 0.1) is 0 Å². The van der Waals surface area contributed by atoms with Gasteiger partial charge in [0.25, 0.3) is 0 Å². The van der Waals surface area contributed by atoms with Crippen molar-refractivity contribution < 1.29 is 4.74 Å². The molecule has 0 aliphatic carbocycles. The zero-order chi connectivity index (χ0) is 10.7. The molecule has 1 aliphatic heterocycles. The second kappa shape index (κ2) is 5.01. The number of rotatable bonds is 3. The van der Waals surface area contributed by atoms with Gasteiger partial charge in [0.05, 0.1) is 6.10 Å². The lowest BCUT2D eigenvalue weighted by atomic mass is 10.2. The molecule has 2 nitrogen and oxygen atoms in total. The van der Waals surface area contributed by atoms with Crippen LogP contribution in [0.15, 0.2) is 29.2 Å². The Kier molecular flexibility index (Phi) is 3.67. The molecule has 1 heterocycles. The standard InChI is InChI=1S/C12H17NOS/c1-9-11(6-7-14-9)15-12-5-3-2-4-10(12)8-13/h2-5,9,11H,6-8,13H2,1H3. The molecule has 0 spiro atoms. The topological polar surface area (TPSA) is 35.2 Å². The predicted octanol–water partition coefficient (Wildman–Crippen LogP) is 2.41. The summed E-state index contributed by atoms with van der Waals surface area (Å²) in [5.74, 6) is 0. The van der Waals surface area contributed by atoms with Gasteiger partial charge in [-0.05, 0) is 25.0 Å². The van der Waals surface area contributed by atoms with E-state index in [0.717, 1.165) is 13.0 Å². The first kappa shape index (κ1) is 11.0. The molecule has 1 aliphatic rings. The molecule has 3 heteroatoms. The Labute approximate surface area is 95.2 Å². The van der Waals surface area contributed by atoms with Gasteiger partial charge < -0.3 is 10.5 Å².